The van der Waals surface area contributed by atoms with Crippen LogP contribution in [0.4, 0.5) is 0 Å². The molecule has 0 bridgehead atoms. The smallest absolute Gasteiger partial charge is 0.303 e. The van der Waals surface area contributed by atoms with E-state index in [0.29, 0.717) is 5.56 Å². The van der Waals surface area contributed by atoms with Gasteiger partial charge in [-0.3, -0.25) is 47.9 Å². The molecule has 0 spiro atoms. The number of ether oxygens (including phenoxy) is 6. The van der Waals surface area contributed by atoms with Crippen LogP contribution in [0.15, 0.2) is 24.3 Å². The number of primary amides is 1. The second-order valence-corrected chi connectivity index (χ2v) is 11.8. The zero-order valence-electron chi connectivity index (χ0n) is 30.6. The first-order valence-corrected chi connectivity index (χ1v) is 16.5. The Morgan fingerprint density at radius 1 is 0.655 bits per heavy atom. The van der Waals surface area contributed by atoms with E-state index in [-0.39, 0.29) is 12.2 Å². The number of benzene rings is 1. The van der Waals surface area contributed by atoms with Gasteiger partial charge in [-0.1, -0.05) is 12.1 Å². The second-order valence-electron chi connectivity index (χ2n) is 11.8. The molecule has 0 aromatic heterocycles. The van der Waals surface area contributed by atoms with Crippen molar-refractivity contribution in [1.29, 1.82) is 0 Å². The summed E-state index contributed by atoms with van der Waals surface area (Å²) >= 11 is 0. The molecule has 2 rings (SSSR count). The summed E-state index contributed by atoms with van der Waals surface area (Å²) in [5.41, 5.74) is 5.39. The number of nitrogens with one attached hydrogen (secondary N) is 5. The maximum atomic E-state index is 13.1. The average molecular weight is 781 g/mol. The summed E-state index contributed by atoms with van der Waals surface area (Å²) < 4.78 is 33.1. The standard InChI is InChI=1S/C33H44N6O16/c1-16(40)35-14-28(48)39-23(32(49)38-13-27(47)37-12-26(46)36-11-25(34)45)10-21-6-8-22(9-7-21)54-33-31(53-20(5)44)30(52-19(4)43)29(51-18(3)42)24(55-33)15-50-17(2)41/h6-9,23-24,29-31,33H,10-15H2,1-5H3,(H2,34,45)(H,35,40)(H,36,46)(H,37,47)(H,38,49)(H,39,48)/t23-,24+,29+,30-,31+,33+/m0/s1. The zero-order chi connectivity index (χ0) is 41.2. The third-order valence-corrected chi connectivity index (χ3v) is 7.04. The number of nitrogens with two attached hydrogens (primary N) is 1. The van der Waals surface area contributed by atoms with Crippen LogP contribution < -0.4 is 37.1 Å². The molecule has 302 valence electrons. The van der Waals surface area contributed by atoms with Crippen molar-refractivity contribution < 1.29 is 76.4 Å². The number of carbonyl (C=O) groups excluding carboxylic acids is 10. The lowest BCUT2D eigenvalue weighted by Gasteiger charge is -2.43. The van der Waals surface area contributed by atoms with Crippen LogP contribution in [-0.2, 0) is 78.1 Å². The molecule has 7 N–H and O–H groups in total. The highest BCUT2D eigenvalue weighted by Crippen LogP contribution is 2.31. The maximum absolute atomic E-state index is 13.1. The van der Waals surface area contributed by atoms with Gasteiger partial charge in [-0.05, 0) is 17.7 Å². The Labute approximate surface area is 314 Å². The van der Waals surface area contributed by atoms with E-state index in [1.165, 1.54) is 31.2 Å². The van der Waals surface area contributed by atoms with Crippen molar-refractivity contribution in [2.75, 3.05) is 32.8 Å². The lowest BCUT2D eigenvalue weighted by Crippen LogP contribution is -2.63. The fourth-order valence-corrected chi connectivity index (χ4v) is 4.80. The SMILES string of the molecule is CC(=O)NCC(=O)N[C@@H](Cc1ccc(O[C@@H]2O[C@H](COC(C)=O)[C@@H](OC(C)=O)[C@H](OC(C)=O)[C@H]2OC(C)=O)cc1)C(=O)NCC(=O)NCC(=O)NCC(N)=O. The molecule has 1 aliphatic heterocycles. The van der Waals surface area contributed by atoms with Gasteiger partial charge >= 0.3 is 23.9 Å². The van der Waals surface area contributed by atoms with Crippen LogP contribution in [-0.4, -0.2) is 129 Å². The van der Waals surface area contributed by atoms with Crippen LogP contribution in [0.3, 0.4) is 0 Å². The Kier molecular flexibility index (Phi) is 18.0. The van der Waals surface area contributed by atoms with Crippen molar-refractivity contribution in [3.05, 3.63) is 29.8 Å². The third-order valence-electron chi connectivity index (χ3n) is 7.04. The van der Waals surface area contributed by atoms with Gasteiger partial charge in [-0.25, -0.2) is 0 Å². The summed E-state index contributed by atoms with van der Waals surface area (Å²) in [5.74, 6) is -7.37. The Hall–Kier alpha value is -6.32. The summed E-state index contributed by atoms with van der Waals surface area (Å²) in [6.45, 7) is 3.08. The van der Waals surface area contributed by atoms with E-state index in [1.54, 1.807) is 0 Å². The lowest BCUT2D eigenvalue weighted by atomic mass is 9.98. The van der Waals surface area contributed by atoms with Crippen molar-refractivity contribution >= 4 is 59.3 Å². The van der Waals surface area contributed by atoms with Gasteiger partial charge in [-0.2, -0.15) is 0 Å². The predicted octanol–water partition coefficient (Wildman–Crippen LogP) is -3.85. The molecule has 55 heavy (non-hydrogen) atoms. The minimum Gasteiger partial charge on any atom is -0.463 e. The Balaban J connectivity index is 2.27. The van der Waals surface area contributed by atoms with Gasteiger partial charge in [0.15, 0.2) is 12.2 Å². The number of carbonyl (C=O) groups is 10. The van der Waals surface area contributed by atoms with Gasteiger partial charge in [0.05, 0.1) is 26.2 Å². The first kappa shape index (κ1) is 44.8. The predicted molar refractivity (Wildman–Crippen MR) is 182 cm³/mol. The highest BCUT2D eigenvalue weighted by atomic mass is 16.7. The number of hydrogen-bond acceptors (Lipinski definition) is 16. The Morgan fingerprint density at radius 2 is 1.18 bits per heavy atom. The van der Waals surface area contributed by atoms with Crippen LogP contribution in [0.1, 0.15) is 40.2 Å². The molecule has 1 heterocycles. The van der Waals surface area contributed by atoms with E-state index in [0.717, 1.165) is 27.7 Å². The molecule has 1 aliphatic rings. The second kappa shape index (κ2) is 22.0. The van der Waals surface area contributed by atoms with E-state index in [4.69, 9.17) is 34.2 Å². The van der Waals surface area contributed by atoms with E-state index in [2.05, 4.69) is 26.6 Å². The Bertz CT molecular complexity index is 1600. The zero-order valence-corrected chi connectivity index (χ0v) is 30.6. The van der Waals surface area contributed by atoms with Gasteiger partial charge < -0.3 is 60.7 Å². The first-order chi connectivity index (χ1) is 25.8. The highest BCUT2D eigenvalue weighted by Gasteiger charge is 2.53. The topological polar surface area (TPSA) is 312 Å². The molecule has 1 fully saturated rings. The van der Waals surface area contributed by atoms with Crippen molar-refractivity contribution in [2.24, 2.45) is 5.73 Å². The first-order valence-electron chi connectivity index (χ1n) is 16.5. The summed E-state index contributed by atoms with van der Waals surface area (Å²) in [7, 11) is 0. The quantitative estimate of drug-likeness (QED) is 0.0578. The minimum absolute atomic E-state index is 0.0943. The fraction of sp³-hybridized carbons (Fsp3) is 0.515. The molecule has 6 atom stereocenters. The molecule has 1 saturated heterocycles. The van der Waals surface area contributed by atoms with Gasteiger partial charge in [-0.15, -0.1) is 0 Å². The van der Waals surface area contributed by atoms with E-state index in [9.17, 15) is 47.9 Å². The molecule has 0 radical (unpaired) electrons. The van der Waals surface area contributed by atoms with Crippen molar-refractivity contribution in [2.45, 2.75) is 77.8 Å². The van der Waals surface area contributed by atoms with Gasteiger partial charge in [0.2, 0.25) is 47.8 Å². The van der Waals surface area contributed by atoms with Crippen molar-refractivity contribution in [1.82, 2.24) is 26.6 Å². The molecule has 22 nitrogen and oxygen atoms in total. The molecule has 0 saturated carbocycles. The van der Waals surface area contributed by atoms with E-state index < -0.39 is 129 Å². The van der Waals surface area contributed by atoms with Gasteiger partial charge in [0.25, 0.3) is 0 Å². The average Bonchev–Trinajstić information content (AvgIpc) is 3.09. The number of esters is 4. The van der Waals surface area contributed by atoms with Crippen LogP contribution in [0.25, 0.3) is 0 Å². The van der Waals surface area contributed by atoms with Crippen LogP contribution in [0, 0.1) is 0 Å². The van der Waals surface area contributed by atoms with E-state index in [1.807, 2.05) is 0 Å². The summed E-state index contributed by atoms with van der Waals surface area (Å²) in [6.07, 6.45) is -7.27. The summed E-state index contributed by atoms with van der Waals surface area (Å²) in [6, 6.07) is 4.57. The minimum atomic E-state index is -1.52. The summed E-state index contributed by atoms with van der Waals surface area (Å²) in [5, 5.41) is 11.5. The molecule has 1 aromatic rings. The summed E-state index contributed by atoms with van der Waals surface area (Å²) in [4.78, 5) is 119. The van der Waals surface area contributed by atoms with Crippen LogP contribution in [0.5, 0.6) is 5.75 Å². The van der Waals surface area contributed by atoms with Gasteiger partial charge in [0, 0.05) is 41.0 Å². The Morgan fingerprint density at radius 3 is 1.73 bits per heavy atom. The molecule has 22 heteroatoms. The van der Waals surface area contributed by atoms with Crippen molar-refractivity contribution in [3.8, 4) is 5.75 Å². The number of amides is 6. The largest absolute Gasteiger partial charge is 0.463 e. The van der Waals surface area contributed by atoms with Crippen LogP contribution in [0.2, 0.25) is 0 Å². The molecule has 6 amide bonds. The van der Waals surface area contributed by atoms with Crippen molar-refractivity contribution in [3.63, 3.8) is 0 Å². The van der Waals surface area contributed by atoms with Gasteiger partial charge in [0.1, 0.15) is 24.5 Å². The number of rotatable bonds is 19. The lowest BCUT2D eigenvalue weighted by molar-refractivity contribution is -0.288. The number of hydrogen-bond donors (Lipinski definition) is 6. The molecule has 0 aliphatic carbocycles. The van der Waals surface area contributed by atoms with Crippen LogP contribution >= 0.6 is 0 Å². The third kappa shape index (κ3) is 16.9. The normalized spacial score (nSPS) is 19.2. The monoisotopic (exact) mass is 780 g/mol. The molecular weight excluding hydrogens is 736 g/mol. The maximum Gasteiger partial charge on any atom is 0.303 e. The molecule has 0 unspecified atom stereocenters. The van der Waals surface area contributed by atoms with E-state index >= 15 is 0 Å². The highest BCUT2D eigenvalue weighted by molar-refractivity contribution is 5.93. The molecule has 1 aromatic carbocycles. The molecular formula is C33H44N6O16. The fourth-order valence-electron chi connectivity index (χ4n) is 4.80.